The molecule has 1 rings (SSSR count). The van der Waals surface area contributed by atoms with Crippen LogP contribution in [0.2, 0.25) is 0 Å². The van der Waals surface area contributed by atoms with Gasteiger partial charge in [-0.15, -0.1) is 0 Å². The Kier molecular flexibility index (Phi) is 5.42. The zero-order chi connectivity index (χ0) is 13.1. The van der Waals surface area contributed by atoms with Gasteiger partial charge in [0.05, 0.1) is 18.8 Å². The first-order chi connectivity index (χ1) is 7.89. The van der Waals surface area contributed by atoms with Crippen LogP contribution < -0.4 is 0 Å². The topological polar surface area (TPSA) is 49.7 Å². The van der Waals surface area contributed by atoms with Crippen molar-refractivity contribution in [3.8, 4) is 0 Å². The molecule has 0 saturated heterocycles. The Bertz CT molecular complexity index is 228. The van der Waals surface area contributed by atoms with Crippen LogP contribution in [0.3, 0.4) is 0 Å². The second kappa shape index (κ2) is 6.17. The van der Waals surface area contributed by atoms with Crippen LogP contribution in [0, 0.1) is 11.3 Å². The van der Waals surface area contributed by atoms with Gasteiger partial charge in [0, 0.05) is 0 Å². The molecule has 1 saturated carbocycles. The molecule has 1 aliphatic carbocycles. The SMILES string of the molecule is CC(O)C(CO)OC1CCCC(C)(C(C)C)C1. The Morgan fingerprint density at radius 3 is 2.47 bits per heavy atom. The predicted molar refractivity (Wildman–Crippen MR) is 68.8 cm³/mol. The van der Waals surface area contributed by atoms with Gasteiger partial charge in [0.1, 0.15) is 6.10 Å². The van der Waals surface area contributed by atoms with Gasteiger partial charge in [0.2, 0.25) is 0 Å². The van der Waals surface area contributed by atoms with Gasteiger partial charge in [-0.3, -0.25) is 0 Å². The van der Waals surface area contributed by atoms with E-state index in [9.17, 15) is 10.2 Å². The lowest BCUT2D eigenvalue weighted by Gasteiger charge is -2.42. The fraction of sp³-hybridized carbons (Fsp3) is 1.00. The van der Waals surface area contributed by atoms with Crippen LogP contribution in [0.25, 0.3) is 0 Å². The van der Waals surface area contributed by atoms with Crippen molar-refractivity contribution in [3.63, 3.8) is 0 Å². The molecule has 2 N–H and O–H groups in total. The van der Waals surface area contributed by atoms with Crippen molar-refractivity contribution in [2.24, 2.45) is 11.3 Å². The van der Waals surface area contributed by atoms with Crippen molar-refractivity contribution in [1.82, 2.24) is 0 Å². The van der Waals surface area contributed by atoms with E-state index in [1.54, 1.807) is 6.92 Å². The van der Waals surface area contributed by atoms with Crippen LogP contribution in [0.1, 0.15) is 53.4 Å². The molecule has 0 aromatic heterocycles. The molecule has 3 nitrogen and oxygen atoms in total. The van der Waals surface area contributed by atoms with Gasteiger partial charge in [-0.2, -0.15) is 0 Å². The first-order valence-electron chi connectivity index (χ1n) is 6.83. The zero-order valence-corrected chi connectivity index (χ0v) is 11.6. The van der Waals surface area contributed by atoms with Crippen LogP contribution in [-0.4, -0.2) is 35.1 Å². The van der Waals surface area contributed by atoms with Crippen molar-refractivity contribution in [3.05, 3.63) is 0 Å². The van der Waals surface area contributed by atoms with Crippen LogP contribution in [0.15, 0.2) is 0 Å². The summed E-state index contributed by atoms with van der Waals surface area (Å²) in [6.07, 6.45) is 3.66. The fourth-order valence-corrected chi connectivity index (χ4v) is 2.65. The van der Waals surface area contributed by atoms with Crippen LogP contribution >= 0.6 is 0 Å². The third-order valence-corrected chi connectivity index (χ3v) is 4.45. The molecule has 0 radical (unpaired) electrons. The van der Waals surface area contributed by atoms with E-state index in [0.29, 0.717) is 11.3 Å². The minimum Gasteiger partial charge on any atom is -0.394 e. The second-order valence-electron chi connectivity index (χ2n) is 6.12. The molecule has 0 spiro atoms. The van der Waals surface area contributed by atoms with Crippen molar-refractivity contribution >= 4 is 0 Å². The molecule has 0 bridgehead atoms. The Labute approximate surface area is 105 Å². The summed E-state index contributed by atoms with van der Waals surface area (Å²) in [6, 6.07) is 0. The van der Waals surface area contributed by atoms with E-state index < -0.39 is 12.2 Å². The van der Waals surface area contributed by atoms with Crippen LogP contribution in [0.4, 0.5) is 0 Å². The highest BCUT2D eigenvalue weighted by Crippen LogP contribution is 2.43. The van der Waals surface area contributed by atoms with E-state index in [1.165, 1.54) is 12.8 Å². The van der Waals surface area contributed by atoms with Gasteiger partial charge in [0.25, 0.3) is 0 Å². The standard InChI is InChI=1S/C14H28O3/c1-10(2)14(4)7-5-6-12(8-14)17-13(9-15)11(3)16/h10-13,15-16H,5-9H2,1-4H3. The summed E-state index contributed by atoms with van der Waals surface area (Å²) >= 11 is 0. The van der Waals surface area contributed by atoms with Gasteiger partial charge in [-0.1, -0.05) is 27.2 Å². The highest BCUT2D eigenvalue weighted by Gasteiger charge is 2.36. The van der Waals surface area contributed by atoms with Crippen LogP contribution in [-0.2, 0) is 4.74 Å². The van der Waals surface area contributed by atoms with Gasteiger partial charge in [-0.25, -0.2) is 0 Å². The number of aliphatic hydroxyl groups is 2. The van der Waals surface area contributed by atoms with Gasteiger partial charge in [0.15, 0.2) is 0 Å². The maximum atomic E-state index is 9.50. The monoisotopic (exact) mass is 244 g/mol. The maximum Gasteiger partial charge on any atom is 0.106 e. The minimum absolute atomic E-state index is 0.105. The largest absolute Gasteiger partial charge is 0.394 e. The molecule has 0 heterocycles. The summed E-state index contributed by atoms with van der Waals surface area (Å²) < 4.78 is 5.85. The van der Waals surface area contributed by atoms with E-state index in [4.69, 9.17) is 4.74 Å². The Hall–Kier alpha value is -0.120. The van der Waals surface area contributed by atoms with Gasteiger partial charge in [-0.05, 0) is 37.5 Å². The number of hydrogen-bond donors (Lipinski definition) is 2. The van der Waals surface area contributed by atoms with Crippen LogP contribution in [0.5, 0.6) is 0 Å². The summed E-state index contributed by atoms with van der Waals surface area (Å²) in [6.45, 7) is 8.42. The highest BCUT2D eigenvalue weighted by molar-refractivity contribution is 4.86. The molecule has 17 heavy (non-hydrogen) atoms. The molecule has 1 fully saturated rings. The number of aliphatic hydroxyl groups excluding tert-OH is 2. The van der Waals surface area contributed by atoms with E-state index in [-0.39, 0.29) is 12.7 Å². The molecule has 4 atom stereocenters. The smallest absolute Gasteiger partial charge is 0.106 e. The molecule has 0 amide bonds. The molecule has 3 heteroatoms. The Balaban J connectivity index is 2.55. The average Bonchev–Trinajstić information content (AvgIpc) is 2.25. The Morgan fingerprint density at radius 2 is 2.00 bits per heavy atom. The average molecular weight is 244 g/mol. The van der Waals surface area contributed by atoms with Gasteiger partial charge < -0.3 is 14.9 Å². The molecular weight excluding hydrogens is 216 g/mol. The zero-order valence-electron chi connectivity index (χ0n) is 11.6. The van der Waals surface area contributed by atoms with Crippen molar-refractivity contribution < 1.29 is 14.9 Å². The summed E-state index contributed by atoms with van der Waals surface area (Å²) in [5.74, 6) is 0.646. The maximum absolute atomic E-state index is 9.50. The lowest BCUT2D eigenvalue weighted by atomic mass is 9.67. The second-order valence-corrected chi connectivity index (χ2v) is 6.12. The molecule has 0 aromatic rings. The third kappa shape index (κ3) is 3.94. The van der Waals surface area contributed by atoms with E-state index in [0.717, 1.165) is 12.8 Å². The first-order valence-corrected chi connectivity index (χ1v) is 6.83. The fourth-order valence-electron chi connectivity index (χ4n) is 2.65. The minimum atomic E-state index is -0.604. The Morgan fingerprint density at radius 1 is 1.35 bits per heavy atom. The van der Waals surface area contributed by atoms with E-state index in [1.807, 2.05) is 0 Å². The molecule has 102 valence electrons. The number of ether oxygens (including phenoxy) is 1. The lowest BCUT2D eigenvalue weighted by Crippen LogP contribution is -2.40. The molecule has 0 aliphatic heterocycles. The lowest BCUT2D eigenvalue weighted by molar-refractivity contribution is -0.119. The van der Waals surface area contributed by atoms with Crippen molar-refractivity contribution in [2.75, 3.05) is 6.61 Å². The van der Waals surface area contributed by atoms with E-state index >= 15 is 0 Å². The van der Waals surface area contributed by atoms with Crippen molar-refractivity contribution in [1.29, 1.82) is 0 Å². The number of hydrogen-bond acceptors (Lipinski definition) is 3. The third-order valence-electron chi connectivity index (χ3n) is 4.45. The van der Waals surface area contributed by atoms with E-state index in [2.05, 4.69) is 20.8 Å². The molecular formula is C14H28O3. The summed E-state index contributed by atoms with van der Waals surface area (Å²) in [5.41, 5.74) is 0.335. The first kappa shape index (κ1) is 14.9. The highest BCUT2D eigenvalue weighted by atomic mass is 16.5. The molecule has 0 aromatic carbocycles. The molecule has 4 unspecified atom stereocenters. The van der Waals surface area contributed by atoms with Crippen molar-refractivity contribution in [2.45, 2.75) is 71.7 Å². The number of rotatable bonds is 5. The predicted octanol–water partition coefficient (Wildman–Crippen LogP) is 2.35. The summed E-state index contributed by atoms with van der Waals surface area (Å²) in [7, 11) is 0. The summed E-state index contributed by atoms with van der Waals surface area (Å²) in [5, 5.41) is 18.7. The molecule has 1 aliphatic rings. The summed E-state index contributed by atoms with van der Waals surface area (Å²) in [4.78, 5) is 0. The quantitative estimate of drug-likeness (QED) is 0.780. The van der Waals surface area contributed by atoms with Gasteiger partial charge >= 0.3 is 0 Å². The normalized spacial score (nSPS) is 33.7.